The predicted molar refractivity (Wildman–Crippen MR) is 83.1 cm³/mol. The number of hydrogen-bond acceptors (Lipinski definition) is 2. The van der Waals surface area contributed by atoms with Crippen LogP contribution in [0.25, 0.3) is 11.0 Å². The maximum absolute atomic E-state index is 14.2. The fourth-order valence-corrected chi connectivity index (χ4v) is 2.75. The molecule has 0 aliphatic rings. The Morgan fingerprint density at radius 3 is 2.71 bits per heavy atom. The van der Waals surface area contributed by atoms with Crippen LogP contribution in [0, 0.1) is 5.82 Å². The van der Waals surface area contributed by atoms with Crippen LogP contribution < -0.4 is 5.32 Å². The van der Waals surface area contributed by atoms with Gasteiger partial charge in [-0.1, -0.05) is 42.8 Å². The molecule has 0 saturated heterocycles. The average molecular weight is 304 g/mol. The van der Waals surface area contributed by atoms with Gasteiger partial charge in [0.25, 0.3) is 0 Å². The zero-order valence-corrected chi connectivity index (χ0v) is 12.3. The number of hydrogen-bond donors (Lipinski definition) is 1. The van der Waals surface area contributed by atoms with Crippen molar-refractivity contribution in [2.45, 2.75) is 13.0 Å². The molecule has 3 rings (SSSR count). The molecule has 1 aromatic heterocycles. The highest BCUT2D eigenvalue weighted by molar-refractivity contribution is 6.31. The largest absolute Gasteiger partial charge is 0.459 e. The molecular formula is C17H15ClFNO. The smallest absolute Gasteiger partial charge is 0.134 e. The van der Waals surface area contributed by atoms with E-state index in [0.717, 1.165) is 11.0 Å². The fraction of sp³-hybridized carbons (Fsp3) is 0.176. The van der Waals surface area contributed by atoms with Crippen LogP contribution >= 0.6 is 11.6 Å². The van der Waals surface area contributed by atoms with E-state index in [4.69, 9.17) is 16.0 Å². The molecule has 0 saturated carbocycles. The molecule has 1 unspecified atom stereocenters. The summed E-state index contributed by atoms with van der Waals surface area (Å²) in [7, 11) is 0. The molecule has 0 radical (unpaired) electrons. The molecular weight excluding hydrogens is 289 g/mol. The monoisotopic (exact) mass is 303 g/mol. The molecule has 0 amide bonds. The van der Waals surface area contributed by atoms with Gasteiger partial charge >= 0.3 is 0 Å². The van der Waals surface area contributed by atoms with Gasteiger partial charge in [0.1, 0.15) is 17.2 Å². The topological polar surface area (TPSA) is 25.2 Å². The Kier molecular flexibility index (Phi) is 3.95. The highest BCUT2D eigenvalue weighted by atomic mass is 35.5. The third-order valence-corrected chi connectivity index (χ3v) is 3.76. The maximum atomic E-state index is 14.2. The lowest BCUT2D eigenvalue weighted by atomic mass is 10.0. The first-order chi connectivity index (χ1) is 10.2. The molecule has 1 atom stereocenters. The summed E-state index contributed by atoms with van der Waals surface area (Å²) in [6, 6.07) is 13.9. The Morgan fingerprint density at radius 1 is 1.19 bits per heavy atom. The summed E-state index contributed by atoms with van der Waals surface area (Å²) in [5, 5.41) is 4.62. The molecule has 4 heteroatoms. The third-order valence-electron chi connectivity index (χ3n) is 3.43. The van der Waals surface area contributed by atoms with Crippen molar-refractivity contribution in [3.63, 3.8) is 0 Å². The van der Waals surface area contributed by atoms with Crippen LogP contribution in [-0.2, 0) is 0 Å². The van der Waals surface area contributed by atoms with Crippen LogP contribution in [0.1, 0.15) is 24.3 Å². The Bertz CT molecular complexity index is 715. The number of rotatable bonds is 4. The Labute approximate surface area is 127 Å². The van der Waals surface area contributed by atoms with E-state index in [2.05, 4.69) is 5.32 Å². The zero-order valence-electron chi connectivity index (χ0n) is 11.6. The van der Waals surface area contributed by atoms with E-state index in [-0.39, 0.29) is 5.82 Å². The number of benzene rings is 2. The molecule has 21 heavy (non-hydrogen) atoms. The Morgan fingerprint density at radius 2 is 2.00 bits per heavy atom. The van der Waals surface area contributed by atoms with Crippen molar-refractivity contribution in [3.05, 3.63) is 70.7 Å². The van der Waals surface area contributed by atoms with Crippen LogP contribution in [0.15, 0.2) is 52.9 Å². The summed E-state index contributed by atoms with van der Waals surface area (Å²) in [4.78, 5) is 0. The molecule has 0 bridgehead atoms. The van der Waals surface area contributed by atoms with E-state index in [9.17, 15) is 4.39 Å². The van der Waals surface area contributed by atoms with Gasteiger partial charge in [-0.3, -0.25) is 0 Å². The third kappa shape index (κ3) is 2.67. The molecule has 0 aliphatic carbocycles. The minimum absolute atomic E-state index is 0.339. The summed E-state index contributed by atoms with van der Waals surface area (Å²) in [5.74, 6) is 0.318. The molecule has 1 N–H and O–H groups in total. The van der Waals surface area contributed by atoms with Crippen molar-refractivity contribution in [1.82, 2.24) is 5.32 Å². The van der Waals surface area contributed by atoms with Gasteiger partial charge in [-0.15, -0.1) is 0 Å². The van der Waals surface area contributed by atoms with Gasteiger partial charge in [0, 0.05) is 16.0 Å². The second-order valence-corrected chi connectivity index (χ2v) is 5.22. The predicted octanol–water partition coefficient (Wildman–Crippen LogP) is 4.92. The summed E-state index contributed by atoms with van der Waals surface area (Å²) < 4.78 is 20.1. The molecule has 0 aliphatic heterocycles. The number of para-hydroxylation sites is 1. The van der Waals surface area contributed by atoms with E-state index >= 15 is 0 Å². The van der Waals surface area contributed by atoms with Crippen molar-refractivity contribution in [1.29, 1.82) is 0 Å². The van der Waals surface area contributed by atoms with E-state index in [0.29, 0.717) is 22.9 Å². The van der Waals surface area contributed by atoms with Crippen LogP contribution in [0.5, 0.6) is 0 Å². The van der Waals surface area contributed by atoms with Gasteiger partial charge < -0.3 is 9.73 Å². The minimum Gasteiger partial charge on any atom is -0.459 e. The second-order valence-electron chi connectivity index (χ2n) is 4.81. The summed E-state index contributed by atoms with van der Waals surface area (Å²) in [6.45, 7) is 2.64. The highest BCUT2D eigenvalue weighted by Gasteiger charge is 2.23. The van der Waals surface area contributed by atoms with E-state index in [1.165, 1.54) is 6.07 Å². The number of nitrogens with one attached hydrogen (secondary N) is 1. The first-order valence-electron chi connectivity index (χ1n) is 6.86. The minimum atomic E-state index is -0.406. The maximum Gasteiger partial charge on any atom is 0.134 e. The average Bonchev–Trinajstić information content (AvgIpc) is 2.89. The number of furan rings is 1. The Balaban J connectivity index is 2.13. The van der Waals surface area contributed by atoms with Crippen molar-refractivity contribution in [3.8, 4) is 0 Å². The van der Waals surface area contributed by atoms with Crippen molar-refractivity contribution < 1.29 is 8.81 Å². The van der Waals surface area contributed by atoms with Crippen LogP contribution in [0.2, 0.25) is 5.02 Å². The normalized spacial score (nSPS) is 12.7. The molecule has 0 fully saturated rings. The van der Waals surface area contributed by atoms with Gasteiger partial charge in [0.2, 0.25) is 0 Å². The fourth-order valence-electron chi connectivity index (χ4n) is 2.48. The van der Waals surface area contributed by atoms with E-state index in [1.54, 1.807) is 12.1 Å². The lowest BCUT2D eigenvalue weighted by Gasteiger charge is -2.18. The highest BCUT2D eigenvalue weighted by Crippen LogP contribution is 2.33. The summed E-state index contributed by atoms with van der Waals surface area (Å²) in [5.41, 5.74) is 1.20. The van der Waals surface area contributed by atoms with Crippen LogP contribution in [0.4, 0.5) is 4.39 Å². The SMILES string of the molecule is CCNC(c1cc2ccccc2o1)c1c(F)cccc1Cl. The van der Waals surface area contributed by atoms with Gasteiger partial charge in [-0.25, -0.2) is 4.39 Å². The first-order valence-corrected chi connectivity index (χ1v) is 7.24. The molecule has 1 heterocycles. The van der Waals surface area contributed by atoms with Crippen molar-refractivity contribution in [2.24, 2.45) is 0 Å². The van der Waals surface area contributed by atoms with Crippen molar-refractivity contribution >= 4 is 22.6 Å². The van der Waals surface area contributed by atoms with Crippen molar-refractivity contribution in [2.75, 3.05) is 6.54 Å². The standard InChI is InChI=1S/C17H15ClFNO/c1-2-20-17(16-12(18)7-5-8-13(16)19)15-10-11-6-3-4-9-14(11)21-15/h3-10,17,20H,2H2,1H3. The lowest BCUT2D eigenvalue weighted by molar-refractivity contribution is 0.463. The summed E-state index contributed by atoms with van der Waals surface area (Å²) >= 11 is 6.19. The summed E-state index contributed by atoms with van der Waals surface area (Å²) in [6.07, 6.45) is 0. The molecule has 3 aromatic rings. The number of halogens is 2. The first kappa shape index (κ1) is 14.1. The number of fused-ring (bicyclic) bond motifs is 1. The van der Waals surface area contributed by atoms with Gasteiger partial charge in [-0.2, -0.15) is 0 Å². The molecule has 2 aromatic carbocycles. The molecule has 108 valence electrons. The molecule has 2 nitrogen and oxygen atoms in total. The Hall–Kier alpha value is -1.84. The van der Waals surface area contributed by atoms with Crippen LogP contribution in [-0.4, -0.2) is 6.54 Å². The van der Waals surface area contributed by atoms with Gasteiger partial charge in [0.05, 0.1) is 6.04 Å². The van der Waals surface area contributed by atoms with Gasteiger partial charge in [0.15, 0.2) is 0 Å². The van der Waals surface area contributed by atoms with E-state index in [1.807, 2.05) is 37.3 Å². The van der Waals surface area contributed by atoms with Crippen LogP contribution in [0.3, 0.4) is 0 Å². The van der Waals surface area contributed by atoms with Gasteiger partial charge in [-0.05, 0) is 30.8 Å². The molecule has 0 spiro atoms. The lowest BCUT2D eigenvalue weighted by Crippen LogP contribution is -2.23. The van der Waals surface area contributed by atoms with E-state index < -0.39 is 6.04 Å². The zero-order chi connectivity index (χ0) is 14.8. The second kappa shape index (κ2) is 5.88. The quantitative estimate of drug-likeness (QED) is 0.739.